The number of amides is 1. The van der Waals surface area contributed by atoms with E-state index in [9.17, 15) is 13.2 Å². The number of carbonyl (C=O) groups is 1. The lowest BCUT2D eigenvalue weighted by molar-refractivity contribution is -0.138. The van der Waals surface area contributed by atoms with Crippen molar-refractivity contribution in [3.63, 3.8) is 0 Å². The van der Waals surface area contributed by atoms with Gasteiger partial charge < -0.3 is 15.0 Å². The first kappa shape index (κ1) is 15.7. The Bertz CT molecular complexity index is 451. The van der Waals surface area contributed by atoms with Gasteiger partial charge in [-0.3, -0.25) is 4.79 Å². The van der Waals surface area contributed by atoms with Crippen LogP contribution in [0.1, 0.15) is 19.8 Å². The Hall–Kier alpha value is -0.660. The molecule has 6 nitrogen and oxygen atoms in total. The first-order valence-corrected chi connectivity index (χ1v) is 9.00. The van der Waals surface area contributed by atoms with Gasteiger partial charge in [0.25, 0.3) is 0 Å². The molecule has 2 rings (SSSR count). The van der Waals surface area contributed by atoms with E-state index in [0.717, 1.165) is 13.0 Å². The van der Waals surface area contributed by atoms with Crippen LogP contribution in [-0.4, -0.2) is 69.6 Å². The lowest BCUT2D eigenvalue weighted by atomic mass is 9.99. The minimum absolute atomic E-state index is 0.0461. The van der Waals surface area contributed by atoms with Crippen molar-refractivity contribution in [2.75, 3.05) is 38.3 Å². The Morgan fingerprint density at radius 3 is 2.65 bits per heavy atom. The Balaban J connectivity index is 2.08. The maximum atomic E-state index is 12.7. The first-order valence-electron chi connectivity index (χ1n) is 7.18. The molecule has 0 spiro atoms. The summed E-state index contributed by atoms with van der Waals surface area (Å²) in [6.45, 7) is 3.77. The summed E-state index contributed by atoms with van der Waals surface area (Å²) in [5.41, 5.74) is 0. The molecule has 20 heavy (non-hydrogen) atoms. The van der Waals surface area contributed by atoms with Crippen LogP contribution < -0.4 is 5.32 Å². The van der Waals surface area contributed by atoms with Crippen molar-refractivity contribution in [3.05, 3.63) is 0 Å². The van der Waals surface area contributed by atoms with Crippen LogP contribution in [-0.2, 0) is 19.4 Å². The van der Waals surface area contributed by atoms with E-state index in [0.29, 0.717) is 19.6 Å². The molecule has 3 unspecified atom stereocenters. The molecule has 1 N–H and O–H groups in total. The number of hydrogen-bond acceptors (Lipinski definition) is 5. The van der Waals surface area contributed by atoms with Gasteiger partial charge in [-0.05, 0) is 26.3 Å². The fourth-order valence-electron chi connectivity index (χ4n) is 3.09. The predicted molar refractivity (Wildman–Crippen MR) is 76.2 cm³/mol. The quantitative estimate of drug-likeness (QED) is 0.751. The summed E-state index contributed by atoms with van der Waals surface area (Å²) in [5.74, 6) is 0.306. The molecular formula is C13H24N2O4S. The fourth-order valence-corrected chi connectivity index (χ4v) is 4.82. The predicted octanol–water partition coefficient (Wildman–Crippen LogP) is -0.353. The third-order valence-electron chi connectivity index (χ3n) is 4.31. The highest BCUT2D eigenvalue weighted by Gasteiger charge is 2.39. The highest BCUT2D eigenvalue weighted by atomic mass is 32.2. The molecule has 3 atom stereocenters. The molecule has 2 aliphatic heterocycles. The summed E-state index contributed by atoms with van der Waals surface area (Å²) < 4.78 is 28.4. The summed E-state index contributed by atoms with van der Waals surface area (Å²) in [6.07, 6.45) is 1.37. The Morgan fingerprint density at radius 1 is 1.40 bits per heavy atom. The molecule has 0 aliphatic carbocycles. The van der Waals surface area contributed by atoms with E-state index in [1.54, 1.807) is 12.0 Å². The largest absolute Gasteiger partial charge is 0.383 e. The minimum Gasteiger partial charge on any atom is -0.383 e. The molecule has 116 valence electrons. The number of nitrogens with one attached hydrogen (secondary N) is 1. The molecule has 0 bridgehead atoms. The van der Waals surface area contributed by atoms with Crippen LogP contribution in [0.3, 0.4) is 0 Å². The second kappa shape index (κ2) is 6.41. The zero-order valence-electron chi connectivity index (χ0n) is 12.2. The van der Waals surface area contributed by atoms with Gasteiger partial charge in [0.05, 0.1) is 24.0 Å². The van der Waals surface area contributed by atoms with Crippen molar-refractivity contribution < 1.29 is 17.9 Å². The van der Waals surface area contributed by atoms with Crippen LogP contribution in [0.5, 0.6) is 0 Å². The average molecular weight is 304 g/mol. The first-order chi connectivity index (χ1) is 9.44. The van der Waals surface area contributed by atoms with Crippen molar-refractivity contribution >= 4 is 15.7 Å². The fraction of sp³-hybridized carbons (Fsp3) is 0.923. The molecule has 2 fully saturated rings. The van der Waals surface area contributed by atoms with E-state index in [4.69, 9.17) is 4.74 Å². The third-order valence-corrected chi connectivity index (χ3v) is 6.06. The molecule has 1 amide bonds. The van der Waals surface area contributed by atoms with Crippen LogP contribution in [0.15, 0.2) is 0 Å². The molecule has 0 radical (unpaired) electrons. The van der Waals surface area contributed by atoms with Crippen LogP contribution in [0.25, 0.3) is 0 Å². The van der Waals surface area contributed by atoms with E-state index in [2.05, 4.69) is 5.32 Å². The number of methoxy groups -OCH3 is 1. The topological polar surface area (TPSA) is 75.7 Å². The molecule has 0 aromatic heterocycles. The van der Waals surface area contributed by atoms with Gasteiger partial charge in [0.2, 0.25) is 5.91 Å². The Labute approximate surface area is 120 Å². The average Bonchev–Trinajstić information content (AvgIpc) is 2.95. The van der Waals surface area contributed by atoms with Crippen molar-refractivity contribution in [2.24, 2.45) is 5.92 Å². The third kappa shape index (κ3) is 3.51. The number of rotatable bonds is 5. The van der Waals surface area contributed by atoms with E-state index in [1.165, 1.54) is 0 Å². The molecule has 0 saturated carbocycles. The lowest BCUT2D eigenvalue weighted by Crippen LogP contribution is -2.47. The van der Waals surface area contributed by atoms with Crippen LogP contribution in [0.4, 0.5) is 0 Å². The zero-order valence-corrected chi connectivity index (χ0v) is 13.0. The number of hydrogen-bond donors (Lipinski definition) is 1. The van der Waals surface area contributed by atoms with Crippen molar-refractivity contribution in [2.45, 2.75) is 31.8 Å². The number of ether oxygens (including phenoxy) is 1. The molecule has 7 heteroatoms. The van der Waals surface area contributed by atoms with E-state index >= 15 is 0 Å². The second-order valence-corrected chi connectivity index (χ2v) is 7.95. The molecule has 2 aliphatic rings. The van der Waals surface area contributed by atoms with Gasteiger partial charge in [0, 0.05) is 25.7 Å². The second-order valence-electron chi connectivity index (χ2n) is 5.72. The lowest BCUT2D eigenvalue weighted by Gasteiger charge is -2.31. The highest BCUT2D eigenvalue weighted by Crippen LogP contribution is 2.24. The monoisotopic (exact) mass is 304 g/mol. The van der Waals surface area contributed by atoms with E-state index in [1.807, 2.05) is 6.92 Å². The number of nitrogens with zero attached hydrogens (tertiary/aromatic N) is 1. The van der Waals surface area contributed by atoms with Gasteiger partial charge in [-0.2, -0.15) is 0 Å². The standard InChI is InChI=1S/C13H24N2O4S/c1-10-12(3-5-14-10)13(16)15(6-7-19-2)11-4-8-20(17,18)9-11/h10-12,14H,3-9H2,1-2H3. The van der Waals surface area contributed by atoms with Gasteiger partial charge in [-0.15, -0.1) is 0 Å². The molecule has 2 heterocycles. The smallest absolute Gasteiger partial charge is 0.227 e. The van der Waals surface area contributed by atoms with Gasteiger partial charge in [0.15, 0.2) is 9.84 Å². The Kier molecular flexibility index (Phi) is 5.04. The van der Waals surface area contributed by atoms with Crippen molar-refractivity contribution in [1.29, 1.82) is 0 Å². The van der Waals surface area contributed by atoms with Gasteiger partial charge >= 0.3 is 0 Å². The number of sulfone groups is 1. The molecule has 0 aromatic carbocycles. The van der Waals surface area contributed by atoms with Crippen LogP contribution >= 0.6 is 0 Å². The van der Waals surface area contributed by atoms with E-state index in [-0.39, 0.29) is 35.4 Å². The summed E-state index contributed by atoms with van der Waals surface area (Å²) in [5, 5.41) is 3.27. The van der Waals surface area contributed by atoms with Gasteiger partial charge in [0.1, 0.15) is 0 Å². The molecular weight excluding hydrogens is 280 g/mol. The van der Waals surface area contributed by atoms with Crippen LogP contribution in [0.2, 0.25) is 0 Å². The van der Waals surface area contributed by atoms with Gasteiger partial charge in [-0.25, -0.2) is 8.42 Å². The maximum Gasteiger partial charge on any atom is 0.227 e. The highest BCUT2D eigenvalue weighted by molar-refractivity contribution is 7.91. The summed E-state index contributed by atoms with van der Waals surface area (Å²) >= 11 is 0. The van der Waals surface area contributed by atoms with E-state index < -0.39 is 9.84 Å². The van der Waals surface area contributed by atoms with Crippen LogP contribution in [0, 0.1) is 5.92 Å². The SMILES string of the molecule is COCCN(C(=O)C1CCNC1C)C1CCS(=O)(=O)C1. The van der Waals surface area contributed by atoms with Crippen molar-refractivity contribution in [1.82, 2.24) is 10.2 Å². The molecule has 0 aromatic rings. The summed E-state index contributed by atoms with van der Waals surface area (Å²) in [4.78, 5) is 14.4. The normalized spacial score (nSPS) is 32.4. The summed E-state index contributed by atoms with van der Waals surface area (Å²) in [7, 11) is -1.40. The molecule has 2 saturated heterocycles. The zero-order chi connectivity index (χ0) is 14.8. The number of carbonyl (C=O) groups excluding carboxylic acids is 1. The van der Waals surface area contributed by atoms with Crippen molar-refractivity contribution in [3.8, 4) is 0 Å². The Morgan fingerprint density at radius 2 is 2.15 bits per heavy atom. The van der Waals surface area contributed by atoms with Gasteiger partial charge in [-0.1, -0.05) is 0 Å². The minimum atomic E-state index is -2.99. The maximum absolute atomic E-state index is 12.7. The summed E-state index contributed by atoms with van der Waals surface area (Å²) in [6, 6.07) is -0.0268.